The summed E-state index contributed by atoms with van der Waals surface area (Å²) in [5.74, 6) is 0.887. The van der Waals surface area contributed by atoms with Gasteiger partial charge in [-0.2, -0.15) is 0 Å². The first kappa shape index (κ1) is 15.7. The largest absolute Gasteiger partial charge is 0.465 e. The van der Waals surface area contributed by atoms with Crippen LogP contribution in [0.3, 0.4) is 0 Å². The van der Waals surface area contributed by atoms with Crippen molar-refractivity contribution in [3.05, 3.63) is 16.8 Å². The van der Waals surface area contributed by atoms with E-state index < -0.39 is 0 Å². The summed E-state index contributed by atoms with van der Waals surface area (Å²) in [5, 5.41) is 2.09. The van der Waals surface area contributed by atoms with Gasteiger partial charge in [0.1, 0.15) is 16.2 Å². The monoisotopic (exact) mass is 336 g/mol. The van der Waals surface area contributed by atoms with Crippen molar-refractivity contribution in [3.63, 3.8) is 0 Å². The van der Waals surface area contributed by atoms with Crippen molar-refractivity contribution in [1.82, 2.24) is 9.97 Å². The van der Waals surface area contributed by atoms with E-state index in [1.807, 2.05) is 6.92 Å². The van der Waals surface area contributed by atoms with Gasteiger partial charge in [-0.25, -0.2) is 9.97 Å². The lowest BCUT2D eigenvalue weighted by Gasteiger charge is -2.18. The summed E-state index contributed by atoms with van der Waals surface area (Å²) in [6.45, 7) is 4.79. The highest BCUT2D eigenvalue weighted by molar-refractivity contribution is 8.00. The number of nitrogens with zero attached hydrogens (tertiary/aromatic N) is 2. The van der Waals surface area contributed by atoms with E-state index in [0.29, 0.717) is 12.4 Å². The van der Waals surface area contributed by atoms with E-state index in [-0.39, 0.29) is 5.97 Å². The molecule has 0 radical (unpaired) electrons. The summed E-state index contributed by atoms with van der Waals surface area (Å²) in [6, 6.07) is 0. The zero-order chi connectivity index (χ0) is 15.5. The molecule has 0 bridgehead atoms. The molecule has 4 nitrogen and oxygen atoms in total. The zero-order valence-corrected chi connectivity index (χ0v) is 14.6. The fourth-order valence-electron chi connectivity index (χ4n) is 2.74. The number of carbonyl (C=O) groups excluding carboxylic acids is 1. The van der Waals surface area contributed by atoms with E-state index in [9.17, 15) is 4.79 Å². The lowest BCUT2D eigenvalue weighted by molar-refractivity contribution is -0.140. The van der Waals surface area contributed by atoms with Crippen LogP contribution in [-0.4, -0.2) is 28.3 Å². The smallest absolute Gasteiger partial charge is 0.316 e. The van der Waals surface area contributed by atoms with Gasteiger partial charge in [-0.15, -0.1) is 11.3 Å². The van der Waals surface area contributed by atoms with E-state index in [4.69, 9.17) is 4.74 Å². The van der Waals surface area contributed by atoms with Crippen molar-refractivity contribution in [1.29, 1.82) is 0 Å². The van der Waals surface area contributed by atoms with Gasteiger partial charge in [0.05, 0.1) is 12.4 Å². The molecule has 0 N–H and O–H groups in total. The molecule has 22 heavy (non-hydrogen) atoms. The molecule has 0 unspecified atom stereocenters. The van der Waals surface area contributed by atoms with Gasteiger partial charge in [0, 0.05) is 10.3 Å². The zero-order valence-electron chi connectivity index (χ0n) is 12.9. The molecule has 6 heteroatoms. The van der Waals surface area contributed by atoms with Crippen LogP contribution in [0.5, 0.6) is 0 Å². The third-order valence-corrected chi connectivity index (χ3v) is 5.98. The number of fused-ring (bicyclic) bond motifs is 3. The summed E-state index contributed by atoms with van der Waals surface area (Å²) in [7, 11) is 0. The minimum absolute atomic E-state index is 0.170. The van der Waals surface area contributed by atoms with Crippen LogP contribution >= 0.6 is 23.1 Å². The first-order valence-corrected chi connectivity index (χ1v) is 9.53. The molecule has 0 aliphatic heterocycles. The van der Waals surface area contributed by atoms with E-state index in [1.54, 1.807) is 17.7 Å². The van der Waals surface area contributed by atoms with Crippen LogP contribution in [0.4, 0.5) is 0 Å². The van der Waals surface area contributed by atoms with Gasteiger partial charge in [-0.1, -0.05) is 25.6 Å². The van der Waals surface area contributed by atoms with Crippen molar-refractivity contribution < 1.29 is 9.53 Å². The average Bonchev–Trinajstić information content (AvgIpc) is 2.88. The first-order chi connectivity index (χ1) is 10.7. The van der Waals surface area contributed by atoms with Crippen LogP contribution in [0, 0.1) is 5.92 Å². The van der Waals surface area contributed by atoms with Crippen molar-refractivity contribution in [2.45, 2.75) is 44.6 Å². The van der Waals surface area contributed by atoms with E-state index in [0.717, 1.165) is 35.0 Å². The third-order valence-electron chi connectivity index (χ3n) is 3.85. The fraction of sp³-hybridized carbons (Fsp3) is 0.562. The molecule has 0 amide bonds. The van der Waals surface area contributed by atoms with Crippen molar-refractivity contribution in [2.75, 3.05) is 12.4 Å². The Morgan fingerprint density at radius 3 is 3.18 bits per heavy atom. The number of thiophene rings is 1. The molecule has 2 aromatic rings. The summed E-state index contributed by atoms with van der Waals surface area (Å²) >= 11 is 3.25. The topological polar surface area (TPSA) is 52.1 Å². The number of aromatic nitrogens is 2. The van der Waals surface area contributed by atoms with Crippen LogP contribution < -0.4 is 0 Å². The molecular formula is C16H20N2O2S2. The normalized spacial score (nSPS) is 17.5. The summed E-state index contributed by atoms with van der Waals surface area (Å²) < 4.78 is 5.13. The lowest BCUT2D eigenvalue weighted by Crippen LogP contribution is -2.09. The minimum atomic E-state index is -0.170. The van der Waals surface area contributed by atoms with Crippen LogP contribution in [0.25, 0.3) is 10.2 Å². The predicted octanol–water partition coefficient (Wildman–Crippen LogP) is 3.86. The van der Waals surface area contributed by atoms with Crippen molar-refractivity contribution >= 4 is 39.3 Å². The number of aryl methyl sites for hydroxylation is 1. The quantitative estimate of drug-likeness (QED) is 0.471. The highest BCUT2D eigenvalue weighted by atomic mass is 32.2. The third kappa shape index (κ3) is 3.27. The van der Waals surface area contributed by atoms with Crippen LogP contribution in [-0.2, 0) is 22.4 Å². The molecule has 0 spiro atoms. The predicted molar refractivity (Wildman–Crippen MR) is 90.6 cm³/mol. The lowest BCUT2D eigenvalue weighted by atomic mass is 9.89. The van der Waals surface area contributed by atoms with Crippen LogP contribution in [0.1, 0.15) is 37.1 Å². The number of hydrogen-bond acceptors (Lipinski definition) is 6. The van der Waals surface area contributed by atoms with E-state index in [1.165, 1.54) is 34.0 Å². The number of thioether (sulfide) groups is 1. The van der Waals surface area contributed by atoms with E-state index >= 15 is 0 Å². The summed E-state index contributed by atoms with van der Waals surface area (Å²) in [5.41, 5.74) is 1.41. The number of hydrogen-bond donors (Lipinski definition) is 0. The molecule has 3 rings (SSSR count). The molecule has 0 saturated carbocycles. The number of esters is 1. The van der Waals surface area contributed by atoms with E-state index in [2.05, 4.69) is 16.9 Å². The minimum Gasteiger partial charge on any atom is -0.465 e. The Balaban J connectivity index is 1.82. The van der Waals surface area contributed by atoms with Gasteiger partial charge in [-0.05, 0) is 37.2 Å². The maximum absolute atomic E-state index is 11.7. The van der Waals surface area contributed by atoms with Gasteiger partial charge < -0.3 is 4.74 Å². The summed E-state index contributed by atoms with van der Waals surface area (Å²) in [6.07, 6.45) is 5.91. The second-order valence-corrected chi connectivity index (χ2v) is 7.77. The molecule has 1 aliphatic rings. The maximum Gasteiger partial charge on any atom is 0.316 e. The Kier molecular flexibility index (Phi) is 4.98. The average molecular weight is 336 g/mol. The molecule has 0 saturated heterocycles. The Morgan fingerprint density at radius 2 is 2.36 bits per heavy atom. The number of carbonyl (C=O) groups is 1. The van der Waals surface area contributed by atoms with Gasteiger partial charge in [0.2, 0.25) is 0 Å². The van der Waals surface area contributed by atoms with Gasteiger partial charge in [0.15, 0.2) is 0 Å². The molecule has 1 atom stereocenters. The van der Waals surface area contributed by atoms with Gasteiger partial charge in [-0.3, -0.25) is 4.79 Å². The highest BCUT2D eigenvalue weighted by Gasteiger charge is 2.23. The number of rotatable bonds is 5. The molecule has 2 aromatic heterocycles. The van der Waals surface area contributed by atoms with Crippen LogP contribution in [0.15, 0.2) is 11.4 Å². The molecule has 118 valence electrons. The van der Waals surface area contributed by atoms with Gasteiger partial charge in [0.25, 0.3) is 0 Å². The maximum atomic E-state index is 11.7. The summed E-state index contributed by atoms with van der Waals surface area (Å²) in [4.78, 5) is 23.0. The van der Waals surface area contributed by atoms with Crippen LogP contribution in [0.2, 0.25) is 0 Å². The fourth-order valence-corrected chi connectivity index (χ4v) is 4.98. The molecule has 0 fully saturated rings. The first-order valence-electron chi connectivity index (χ1n) is 7.72. The Morgan fingerprint density at radius 1 is 1.50 bits per heavy atom. The molecule has 1 aliphatic carbocycles. The second-order valence-electron chi connectivity index (χ2n) is 5.72. The Labute approximate surface area is 138 Å². The second kappa shape index (κ2) is 6.96. The standard InChI is InChI=1S/C16H20N2O2S2/c1-3-6-20-13(19)8-21-15-14-11-5-4-10(2)7-12(11)22-16(14)18-9-17-15/h9-10H,3-8H2,1-2H3/t10-/m0/s1. The van der Waals surface area contributed by atoms with Crippen molar-refractivity contribution in [3.8, 4) is 0 Å². The molecule has 0 aromatic carbocycles. The SMILES string of the molecule is CCCOC(=O)CSc1ncnc2sc3c(c12)CC[C@H](C)C3. The Bertz CT molecular complexity index is 684. The highest BCUT2D eigenvalue weighted by Crippen LogP contribution is 2.40. The molecular weight excluding hydrogens is 316 g/mol. The molecule has 2 heterocycles. The number of ether oxygens (including phenoxy) is 1. The van der Waals surface area contributed by atoms with Crippen molar-refractivity contribution in [2.24, 2.45) is 5.92 Å². The van der Waals surface area contributed by atoms with Gasteiger partial charge >= 0.3 is 5.97 Å². The Hall–Kier alpha value is -1.14.